The van der Waals surface area contributed by atoms with Crippen molar-refractivity contribution in [2.75, 3.05) is 13.1 Å². The summed E-state index contributed by atoms with van der Waals surface area (Å²) in [6.45, 7) is 5.00. The van der Waals surface area contributed by atoms with Crippen molar-refractivity contribution in [1.82, 2.24) is 15.6 Å². The predicted molar refractivity (Wildman–Crippen MR) is 123 cm³/mol. The molecule has 0 saturated heterocycles. The van der Waals surface area contributed by atoms with Gasteiger partial charge in [0, 0.05) is 24.5 Å². The van der Waals surface area contributed by atoms with Crippen LogP contribution in [0.1, 0.15) is 32.2 Å². The van der Waals surface area contributed by atoms with Crippen molar-refractivity contribution in [3.8, 4) is 5.75 Å². The summed E-state index contributed by atoms with van der Waals surface area (Å²) >= 11 is 1.38. The lowest BCUT2D eigenvalue weighted by atomic mass is 10.1. The van der Waals surface area contributed by atoms with E-state index in [0.29, 0.717) is 25.4 Å². The lowest BCUT2D eigenvalue weighted by molar-refractivity contribution is -0.116. The first-order valence-corrected chi connectivity index (χ1v) is 10.8. The zero-order valence-electron chi connectivity index (χ0n) is 17.6. The normalized spacial score (nSPS) is 10.8. The van der Waals surface area contributed by atoms with Gasteiger partial charge in [0.15, 0.2) is 0 Å². The van der Waals surface area contributed by atoms with Gasteiger partial charge in [-0.1, -0.05) is 36.4 Å². The quantitative estimate of drug-likeness (QED) is 0.395. The number of hydrogen-bond acceptors (Lipinski definition) is 5. The Morgan fingerprint density at radius 2 is 1.74 bits per heavy atom. The van der Waals surface area contributed by atoms with Crippen molar-refractivity contribution in [2.45, 2.75) is 20.5 Å². The molecular weight excluding hydrogens is 410 g/mol. The van der Waals surface area contributed by atoms with Crippen molar-refractivity contribution < 1.29 is 14.3 Å². The molecule has 0 aliphatic rings. The molecule has 31 heavy (non-hydrogen) atoms. The number of carbonyl (C=O) groups excluding carboxylic acids is 2. The molecule has 3 rings (SSSR count). The molecule has 2 amide bonds. The summed E-state index contributed by atoms with van der Waals surface area (Å²) in [7, 11) is 0. The molecule has 6 nitrogen and oxygen atoms in total. The number of rotatable bonds is 9. The van der Waals surface area contributed by atoms with Gasteiger partial charge in [-0.15, -0.1) is 11.3 Å². The lowest BCUT2D eigenvalue weighted by Crippen LogP contribution is -2.34. The van der Waals surface area contributed by atoms with E-state index in [1.165, 1.54) is 17.4 Å². The van der Waals surface area contributed by atoms with Crippen molar-refractivity contribution in [3.05, 3.63) is 87.4 Å². The minimum Gasteiger partial charge on any atom is -0.486 e. The van der Waals surface area contributed by atoms with Crippen molar-refractivity contribution in [2.24, 2.45) is 0 Å². The topological polar surface area (TPSA) is 80.3 Å². The number of carbonyl (C=O) groups is 2. The maximum absolute atomic E-state index is 12.2. The molecule has 0 atom stereocenters. The third-order valence-corrected chi connectivity index (χ3v) is 5.10. The molecule has 3 aromatic rings. The van der Waals surface area contributed by atoms with Crippen molar-refractivity contribution >= 4 is 29.2 Å². The molecule has 0 aliphatic heterocycles. The minimum absolute atomic E-state index is 0.211. The van der Waals surface area contributed by atoms with Gasteiger partial charge in [-0.25, -0.2) is 4.98 Å². The first-order chi connectivity index (χ1) is 15.0. The smallest absolute Gasteiger partial charge is 0.270 e. The van der Waals surface area contributed by atoms with Crippen LogP contribution in [0.5, 0.6) is 5.75 Å². The number of nitrogens with one attached hydrogen (secondary N) is 2. The summed E-state index contributed by atoms with van der Waals surface area (Å²) in [4.78, 5) is 28.4. The van der Waals surface area contributed by atoms with Gasteiger partial charge in [0.1, 0.15) is 23.1 Å². The molecule has 0 fully saturated rings. The molecule has 0 saturated carbocycles. The van der Waals surface area contributed by atoms with Gasteiger partial charge in [-0.05, 0) is 48.7 Å². The van der Waals surface area contributed by atoms with E-state index >= 15 is 0 Å². The van der Waals surface area contributed by atoms with Gasteiger partial charge in [-0.3, -0.25) is 9.59 Å². The second-order valence-corrected chi connectivity index (χ2v) is 7.97. The number of ether oxygens (including phenoxy) is 1. The summed E-state index contributed by atoms with van der Waals surface area (Å²) in [5.74, 6) is 0.302. The Morgan fingerprint density at radius 1 is 1.03 bits per heavy atom. The van der Waals surface area contributed by atoms with Gasteiger partial charge in [-0.2, -0.15) is 0 Å². The van der Waals surface area contributed by atoms with E-state index in [4.69, 9.17) is 4.74 Å². The average Bonchev–Trinajstić information content (AvgIpc) is 3.23. The monoisotopic (exact) mass is 435 g/mol. The zero-order valence-corrected chi connectivity index (χ0v) is 18.4. The van der Waals surface area contributed by atoms with E-state index in [0.717, 1.165) is 27.4 Å². The first-order valence-electron chi connectivity index (χ1n) is 9.94. The molecule has 0 spiro atoms. The van der Waals surface area contributed by atoms with Gasteiger partial charge >= 0.3 is 0 Å². The van der Waals surface area contributed by atoms with E-state index in [9.17, 15) is 9.59 Å². The Balaban J connectivity index is 1.38. The molecule has 2 aromatic carbocycles. The van der Waals surface area contributed by atoms with Crippen LogP contribution in [-0.4, -0.2) is 29.9 Å². The average molecular weight is 436 g/mol. The van der Waals surface area contributed by atoms with Crippen LogP contribution in [-0.2, 0) is 11.4 Å². The standard InChI is InChI=1S/C24H25N3O3S/c1-17-12-18(2)14-20(13-17)30-15-23-27-21(16-31-23)24(29)26-11-10-25-22(28)9-8-19-6-4-3-5-7-19/h3-9,12-14,16H,10-11,15H2,1-2H3,(H,25,28)(H,26,29). The third kappa shape index (κ3) is 7.38. The van der Waals surface area contributed by atoms with Crippen LogP contribution < -0.4 is 15.4 Å². The molecule has 2 N–H and O–H groups in total. The van der Waals surface area contributed by atoms with Gasteiger partial charge in [0.25, 0.3) is 5.91 Å². The van der Waals surface area contributed by atoms with E-state index in [1.807, 2.05) is 56.3 Å². The van der Waals surface area contributed by atoms with Gasteiger partial charge in [0.05, 0.1) is 0 Å². The minimum atomic E-state index is -0.275. The molecule has 0 bridgehead atoms. The Morgan fingerprint density at radius 3 is 2.48 bits per heavy atom. The first kappa shape index (κ1) is 22.2. The number of nitrogens with zero attached hydrogens (tertiary/aromatic N) is 1. The highest BCUT2D eigenvalue weighted by Crippen LogP contribution is 2.19. The zero-order chi connectivity index (χ0) is 22.1. The molecule has 160 valence electrons. The van der Waals surface area contributed by atoms with Crippen LogP contribution in [0.4, 0.5) is 0 Å². The molecule has 7 heteroatoms. The van der Waals surface area contributed by atoms with Gasteiger partial charge in [0.2, 0.25) is 5.91 Å². The molecule has 1 heterocycles. The Labute approximate surface area is 186 Å². The molecule has 1 aromatic heterocycles. The van der Waals surface area contributed by atoms with Crippen LogP contribution in [0.2, 0.25) is 0 Å². The molecule has 0 aliphatic carbocycles. The fraction of sp³-hybridized carbons (Fsp3) is 0.208. The van der Waals surface area contributed by atoms with E-state index in [1.54, 1.807) is 11.5 Å². The van der Waals surface area contributed by atoms with E-state index in [2.05, 4.69) is 21.7 Å². The van der Waals surface area contributed by atoms with E-state index < -0.39 is 0 Å². The molecule has 0 unspecified atom stereocenters. The number of amides is 2. The number of hydrogen-bond donors (Lipinski definition) is 2. The maximum Gasteiger partial charge on any atom is 0.270 e. The molecule has 0 radical (unpaired) electrons. The second kappa shape index (κ2) is 11.1. The Hall–Kier alpha value is -3.45. The fourth-order valence-electron chi connectivity index (χ4n) is 2.89. The number of benzene rings is 2. The van der Waals surface area contributed by atoms with Crippen LogP contribution in [0.25, 0.3) is 6.08 Å². The maximum atomic E-state index is 12.2. The fourth-order valence-corrected chi connectivity index (χ4v) is 3.58. The van der Waals surface area contributed by atoms with E-state index in [-0.39, 0.29) is 11.8 Å². The Bertz CT molecular complexity index is 1040. The number of thiazole rings is 1. The Kier molecular flexibility index (Phi) is 7.95. The third-order valence-electron chi connectivity index (χ3n) is 4.28. The summed E-state index contributed by atoms with van der Waals surface area (Å²) in [5.41, 5.74) is 3.57. The SMILES string of the molecule is Cc1cc(C)cc(OCc2nc(C(=O)NCCNC(=O)C=Cc3ccccc3)cs2)c1. The van der Waals surface area contributed by atoms with Gasteiger partial charge < -0.3 is 15.4 Å². The van der Waals surface area contributed by atoms with Crippen LogP contribution in [0, 0.1) is 13.8 Å². The molecular formula is C24H25N3O3S. The van der Waals surface area contributed by atoms with Crippen LogP contribution in [0.3, 0.4) is 0 Å². The summed E-state index contributed by atoms with van der Waals surface area (Å²) in [6, 6.07) is 15.6. The van der Waals surface area contributed by atoms with Crippen LogP contribution >= 0.6 is 11.3 Å². The predicted octanol–water partition coefficient (Wildman–Crippen LogP) is 3.90. The van der Waals surface area contributed by atoms with Crippen LogP contribution in [0.15, 0.2) is 60.0 Å². The summed E-state index contributed by atoms with van der Waals surface area (Å²) in [5, 5.41) is 7.92. The number of aryl methyl sites for hydroxylation is 2. The number of aromatic nitrogens is 1. The summed E-state index contributed by atoms with van der Waals surface area (Å²) in [6.07, 6.45) is 3.21. The van der Waals surface area contributed by atoms with Crippen molar-refractivity contribution in [1.29, 1.82) is 0 Å². The second-order valence-electron chi connectivity index (χ2n) is 7.03. The highest BCUT2D eigenvalue weighted by Gasteiger charge is 2.11. The largest absolute Gasteiger partial charge is 0.486 e. The highest BCUT2D eigenvalue weighted by molar-refractivity contribution is 7.09. The highest BCUT2D eigenvalue weighted by atomic mass is 32.1. The van der Waals surface area contributed by atoms with Crippen molar-refractivity contribution in [3.63, 3.8) is 0 Å². The summed E-state index contributed by atoms with van der Waals surface area (Å²) < 4.78 is 5.79. The lowest BCUT2D eigenvalue weighted by Gasteiger charge is -2.06.